The number of aliphatic carboxylic acids is 3. The summed E-state index contributed by atoms with van der Waals surface area (Å²) in [6, 6.07) is 0. The average molecular weight is 348 g/mol. The summed E-state index contributed by atoms with van der Waals surface area (Å²) in [6.07, 6.45) is -2.72. The number of carbonyl (C=O) groups excluding carboxylic acids is 3. The van der Waals surface area contributed by atoms with Crippen LogP contribution in [-0.2, 0) is 14.4 Å². The van der Waals surface area contributed by atoms with E-state index in [-0.39, 0.29) is 116 Å². The van der Waals surface area contributed by atoms with Crippen LogP contribution in [0.4, 0.5) is 0 Å². The maximum absolute atomic E-state index is 10.1. The van der Waals surface area contributed by atoms with E-state index < -0.39 is 36.4 Å². The molecule has 0 rings (SSSR count). The summed E-state index contributed by atoms with van der Waals surface area (Å²) in [6.45, 7) is 0. The van der Waals surface area contributed by atoms with Crippen LogP contribution in [-0.4, -0.2) is 56.0 Å². The Balaban J connectivity index is -0.0000000257. The van der Waals surface area contributed by atoms with Gasteiger partial charge in [-0.15, -0.1) is 0 Å². The van der Waals surface area contributed by atoms with Crippen molar-refractivity contribution in [2.45, 2.75) is 18.4 Å². The van der Waals surface area contributed by atoms with Crippen molar-refractivity contribution in [2.75, 3.05) is 0 Å². The first-order chi connectivity index (χ1) is 5.78. The molecule has 0 aromatic carbocycles. The predicted octanol–water partition coefficient (Wildman–Crippen LogP) is -18.4. The van der Waals surface area contributed by atoms with Crippen LogP contribution in [0.3, 0.4) is 0 Å². The normalized spacial score (nSPS) is 6.71. The van der Waals surface area contributed by atoms with Gasteiger partial charge >= 0.3 is 88.7 Å². The first-order valence-electron chi connectivity index (χ1n) is 3.11. The Morgan fingerprint density at radius 2 is 0.905 bits per heavy atom. The average Bonchev–Trinajstić information content (AvgIpc) is 1.82. The molecule has 0 saturated heterocycles. The Hall–Kier alpha value is 1.17. The van der Waals surface area contributed by atoms with E-state index in [1.54, 1.807) is 0 Å². The molecular weight excluding hydrogens is 333 g/mol. The van der Waals surface area contributed by atoms with Crippen molar-refractivity contribution in [2.24, 2.45) is 0 Å². The fourth-order valence-corrected chi connectivity index (χ4v) is 0.684. The maximum atomic E-state index is 10.1. The number of hydrogen-bond donors (Lipinski definition) is 1. The van der Waals surface area contributed by atoms with Crippen molar-refractivity contribution in [1.29, 1.82) is 0 Å². The third-order valence-electron chi connectivity index (χ3n) is 1.25. The summed E-state index contributed by atoms with van der Waals surface area (Å²) in [5.74, 6) is -5.98. The van der Waals surface area contributed by atoms with Crippen LogP contribution in [0.15, 0.2) is 0 Å². The summed E-state index contributed by atoms with van der Waals surface area (Å²) in [5, 5.41) is 38.9. The van der Waals surface area contributed by atoms with Gasteiger partial charge in [-0.1, -0.05) is 0 Å². The first-order valence-corrected chi connectivity index (χ1v) is 3.11. The van der Waals surface area contributed by atoms with Gasteiger partial charge in [-0.05, 0) is 0 Å². The minimum absolute atomic E-state index is 0. The molecule has 0 fully saturated rings. The number of rotatable bonds is 5. The quantitative estimate of drug-likeness (QED) is 0.467. The third-order valence-corrected chi connectivity index (χ3v) is 1.25. The first kappa shape index (κ1) is 57.3. The van der Waals surface area contributed by atoms with Crippen molar-refractivity contribution in [1.82, 2.24) is 0 Å². The Bertz CT molecular complexity index is 243. The second-order valence-corrected chi connectivity index (χ2v) is 2.42. The Labute approximate surface area is 185 Å². The molecule has 0 heterocycles. The van der Waals surface area contributed by atoms with E-state index in [1.807, 2.05) is 0 Å². The molecule has 0 aliphatic heterocycles. The summed E-state index contributed by atoms with van der Waals surface area (Å²) < 4.78 is 0. The zero-order valence-electron chi connectivity index (χ0n) is 11.8. The molecule has 0 bridgehead atoms. The molecular formula is C6H15Na3O12. The number of carbonyl (C=O) groups is 3. The molecule has 0 radical (unpaired) electrons. The molecule has 0 atom stereocenters. The molecule has 114 valence electrons. The van der Waals surface area contributed by atoms with E-state index in [0.29, 0.717) is 0 Å². The van der Waals surface area contributed by atoms with Gasteiger partial charge in [0.25, 0.3) is 0 Å². The van der Waals surface area contributed by atoms with Gasteiger partial charge in [-0.2, -0.15) is 0 Å². The molecule has 0 spiro atoms. The molecule has 11 N–H and O–H groups in total. The molecule has 0 saturated carbocycles. The molecule has 0 aliphatic rings. The summed E-state index contributed by atoms with van der Waals surface area (Å²) >= 11 is 0. The Morgan fingerprint density at radius 1 is 0.714 bits per heavy atom. The molecule has 0 amide bonds. The van der Waals surface area contributed by atoms with E-state index in [9.17, 15) is 29.7 Å². The van der Waals surface area contributed by atoms with Gasteiger partial charge in [-0.25, -0.2) is 0 Å². The fraction of sp³-hybridized carbons (Fsp3) is 0.500. The molecule has 12 nitrogen and oxygen atoms in total. The number of carboxylic acid groups (broad SMARTS) is 3. The molecule has 21 heavy (non-hydrogen) atoms. The molecule has 15 heteroatoms. The van der Waals surface area contributed by atoms with Crippen molar-refractivity contribution in [3.8, 4) is 0 Å². The van der Waals surface area contributed by atoms with Crippen LogP contribution in [0, 0.1) is 0 Å². The van der Waals surface area contributed by atoms with Crippen LogP contribution in [0.1, 0.15) is 12.8 Å². The molecule has 0 aliphatic carbocycles. The van der Waals surface area contributed by atoms with Crippen LogP contribution in [0.2, 0.25) is 0 Å². The Kier molecular flexibility index (Phi) is 71.2. The second-order valence-electron chi connectivity index (χ2n) is 2.42. The maximum Gasteiger partial charge on any atom is 1.00 e. The smallest absolute Gasteiger partial charge is 0.550 e. The molecule has 0 aromatic heterocycles. The zero-order valence-corrected chi connectivity index (χ0v) is 17.8. The molecule has 0 unspecified atom stereocenters. The van der Waals surface area contributed by atoms with Crippen LogP contribution in [0.5, 0.6) is 0 Å². The summed E-state index contributed by atoms with van der Waals surface area (Å²) in [4.78, 5) is 30.0. The van der Waals surface area contributed by atoms with Crippen LogP contribution >= 0.6 is 0 Å². The number of aliphatic hydroxyl groups is 1. The van der Waals surface area contributed by atoms with Gasteiger partial charge in [0.2, 0.25) is 0 Å². The van der Waals surface area contributed by atoms with Gasteiger partial charge in [-0.3, -0.25) is 0 Å². The van der Waals surface area contributed by atoms with E-state index in [2.05, 4.69) is 0 Å². The molecule has 0 aromatic rings. The summed E-state index contributed by atoms with van der Waals surface area (Å²) in [7, 11) is 0. The van der Waals surface area contributed by atoms with Gasteiger partial charge in [0, 0.05) is 24.8 Å². The topological polar surface area (TPSA) is 298 Å². The van der Waals surface area contributed by atoms with Crippen LogP contribution in [0.25, 0.3) is 0 Å². The summed E-state index contributed by atoms with van der Waals surface area (Å²) in [5.41, 5.74) is -2.97. The van der Waals surface area contributed by atoms with E-state index in [1.165, 1.54) is 0 Å². The third kappa shape index (κ3) is 26.4. The Morgan fingerprint density at radius 3 is 1.00 bits per heavy atom. The number of carboxylic acids is 3. The zero-order chi connectivity index (χ0) is 10.6. The van der Waals surface area contributed by atoms with Gasteiger partial charge in [0.15, 0.2) is 0 Å². The number of hydrogen-bond acceptors (Lipinski definition) is 7. The van der Waals surface area contributed by atoms with E-state index in [0.717, 1.165) is 0 Å². The largest absolute Gasteiger partial charge is 1.00 e. The van der Waals surface area contributed by atoms with E-state index in [4.69, 9.17) is 5.11 Å². The standard InChI is InChI=1S/C6H8O7.3Na.5H2O/c7-3(8)1-6(13,5(11)12)2-4(9)10;;;;;;;;/h13H,1-2H2,(H,7,8)(H,9,10)(H,11,12);;;;5*1H2/q;3*+1;;;;;/p-3. The van der Waals surface area contributed by atoms with Crippen molar-refractivity contribution in [3.05, 3.63) is 0 Å². The monoisotopic (exact) mass is 348 g/mol. The van der Waals surface area contributed by atoms with E-state index >= 15 is 0 Å². The van der Waals surface area contributed by atoms with Gasteiger partial charge < -0.3 is 62.2 Å². The van der Waals surface area contributed by atoms with Gasteiger partial charge in [0.1, 0.15) is 5.60 Å². The van der Waals surface area contributed by atoms with Crippen LogP contribution < -0.4 is 104 Å². The van der Waals surface area contributed by atoms with Gasteiger partial charge in [0.05, 0.1) is 5.97 Å². The predicted molar refractivity (Wildman–Crippen MR) is 47.3 cm³/mol. The minimum Gasteiger partial charge on any atom is -0.550 e. The van der Waals surface area contributed by atoms with Crippen molar-refractivity contribution in [3.63, 3.8) is 0 Å². The SMILES string of the molecule is O.O.O.O.O.O=C([O-])CC(O)(CC(=O)[O-])C(=O)[O-].[Na+].[Na+].[Na+]. The second kappa shape index (κ2) is 26.1. The minimum atomic E-state index is -2.97. The fourth-order valence-electron chi connectivity index (χ4n) is 0.684. The van der Waals surface area contributed by atoms with Crippen molar-refractivity contribution < 1.29 is 151 Å². The van der Waals surface area contributed by atoms with Crippen molar-refractivity contribution >= 4 is 17.9 Å².